The van der Waals surface area contributed by atoms with E-state index in [-0.39, 0.29) is 11.8 Å². The molecule has 2 rings (SSSR count). The summed E-state index contributed by atoms with van der Waals surface area (Å²) in [5.74, 6) is 0.154. The van der Waals surface area contributed by atoms with Gasteiger partial charge in [-0.25, -0.2) is 0 Å². The second-order valence-corrected chi connectivity index (χ2v) is 4.12. The van der Waals surface area contributed by atoms with E-state index < -0.39 is 0 Å². The monoisotopic (exact) mass is 219 g/mol. The van der Waals surface area contributed by atoms with Crippen molar-refractivity contribution in [3.05, 3.63) is 35.9 Å². The van der Waals surface area contributed by atoms with E-state index in [1.54, 1.807) is 0 Å². The Morgan fingerprint density at radius 3 is 2.88 bits per heavy atom. The highest BCUT2D eigenvalue weighted by Crippen LogP contribution is 2.13. The Morgan fingerprint density at radius 2 is 2.19 bits per heavy atom. The van der Waals surface area contributed by atoms with E-state index in [0.717, 1.165) is 25.0 Å². The number of hydrogen-bond donors (Lipinski definition) is 1. The van der Waals surface area contributed by atoms with Crippen LogP contribution in [0.15, 0.2) is 30.3 Å². The molecule has 0 bridgehead atoms. The molecular formula is C13H17NO2. The normalized spacial score (nSPS) is 20.4. The quantitative estimate of drug-likeness (QED) is 0.840. The summed E-state index contributed by atoms with van der Waals surface area (Å²) in [5, 5.41) is 2.95. The van der Waals surface area contributed by atoms with Crippen LogP contribution in [0, 0.1) is 5.92 Å². The molecule has 1 amide bonds. The van der Waals surface area contributed by atoms with E-state index in [1.165, 1.54) is 0 Å². The van der Waals surface area contributed by atoms with Crippen LogP contribution in [-0.2, 0) is 16.1 Å². The lowest BCUT2D eigenvalue weighted by atomic mass is 10.0. The summed E-state index contributed by atoms with van der Waals surface area (Å²) in [6, 6.07) is 9.95. The third-order valence-electron chi connectivity index (χ3n) is 2.84. The molecule has 0 aromatic heterocycles. The molecule has 1 aromatic rings. The fourth-order valence-corrected chi connectivity index (χ4v) is 1.88. The van der Waals surface area contributed by atoms with E-state index in [2.05, 4.69) is 5.32 Å². The van der Waals surface area contributed by atoms with E-state index in [4.69, 9.17) is 4.74 Å². The molecule has 0 saturated carbocycles. The van der Waals surface area contributed by atoms with Gasteiger partial charge in [0.1, 0.15) is 0 Å². The second kappa shape index (κ2) is 5.66. The fourth-order valence-electron chi connectivity index (χ4n) is 1.88. The van der Waals surface area contributed by atoms with Crippen LogP contribution in [0.1, 0.15) is 18.4 Å². The van der Waals surface area contributed by atoms with Crippen LogP contribution in [0.5, 0.6) is 0 Å². The molecule has 1 unspecified atom stereocenters. The molecule has 0 spiro atoms. The lowest BCUT2D eigenvalue weighted by Gasteiger charge is -2.21. The molecule has 16 heavy (non-hydrogen) atoms. The molecule has 1 aliphatic heterocycles. The number of hydrogen-bond acceptors (Lipinski definition) is 2. The standard InChI is InChI=1S/C13H17NO2/c15-13(12-7-4-8-16-10-12)14-9-11-5-2-1-3-6-11/h1-3,5-6,12H,4,7-10H2,(H,14,15). The van der Waals surface area contributed by atoms with E-state index in [0.29, 0.717) is 13.2 Å². The zero-order valence-corrected chi connectivity index (χ0v) is 9.32. The average Bonchev–Trinajstić information content (AvgIpc) is 2.38. The van der Waals surface area contributed by atoms with Crippen molar-refractivity contribution in [1.82, 2.24) is 5.32 Å². The second-order valence-electron chi connectivity index (χ2n) is 4.12. The van der Waals surface area contributed by atoms with Crippen molar-refractivity contribution in [3.8, 4) is 0 Å². The highest BCUT2D eigenvalue weighted by atomic mass is 16.5. The topological polar surface area (TPSA) is 38.3 Å². The van der Waals surface area contributed by atoms with E-state index in [1.807, 2.05) is 30.3 Å². The molecule has 1 atom stereocenters. The lowest BCUT2D eigenvalue weighted by molar-refractivity contribution is -0.129. The Bertz CT molecular complexity index is 331. The first-order chi connectivity index (χ1) is 7.86. The first-order valence-corrected chi connectivity index (χ1v) is 5.75. The Hall–Kier alpha value is -1.35. The molecular weight excluding hydrogens is 202 g/mol. The maximum Gasteiger partial charge on any atom is 0.225 e. The number of carbonyl (C=O) groups is 1. The number of ether oxygens (including phenoxy) is 1. The molecule has 0 radical (unpaired) electrons. The van der Waals surface area contributed by atoms with Crippen LogP contribution in [0.25, 0.3) is 0 Å². The van der Waals surface area contributed by atoms with Crippen LogP contribution in [-0.4, -0.2) is 19.1 Å². The van der Waals surface area contributed by atoms with Gasteiger partial charge in [-0.2, -0.15) is 0 Å². The van der Waals surface area contributed by atoms with Crippen molar-refractivity contribution in [2.24, 2.45) is 5.92 Å². The van der Waals surface area contributed by atoms with Gasteiger partial charge in [-0.15, -0.1) is 0 Å². The minimum atomic E-state index is 0.0393. The smallest absolute Gasteiger partial charge is 0.225 e. The van der Waals surface area contributed by atoms with Gasteiger partial charge in [0.2, 0.25) is 5.91 Å². The Kier molecular flexibility index (Phi) is 3.94. The van der Waals surface area contributed by atoms with Crippen molar-refractivity contribution in [2.45, 2.75) is 19.4 Å². The van der Waals surface area contributed by atoms with Crippen LogP contribution < -0.4 is 5.32 Å². The predicted octanol–water partition coefficient (Wildman–Crippen LogP) is 1.73. The number of nitrogens with one attached hydrogen (secondary N) is 1. The first-order valence-electron chi connectivity index (χ1n) is 5.75. The van der Waals surface area contributed by atoms with E-state index in [9.17, 15) is 4.79 Å². The molecule has 3 heteroatoms. The zero-order valence-electron chi connectivity index (χ0n) is 9.32. The molecule has 1 saturated heterocycles. The SMILES string of the molecule is O=C(NCc1ccccc1)C1CCCOC1. The zero-order chi connectivity index (χ0) is 11.2. The summed E-state index contributed by atoms with van der Waals surface area (Å²) in [5.41, 5.74) is 1.13. The van der Waals surface area contributed by atoms with Crippen LogP contribution in [0.2, 0.25) is 0 Å². The summed E-state index contributed by atoms with van der Waals surface area (Å²) in [6.45, 7) is 1.97. The highest BCUT2D eigenvalue weighted by molar-refractivity contribution is 5.78. The highest BCUT2D eigenvalue weighted by Gasteiger charge is 2.21. The van der Waals surface area contributed by atoms with E-state index >= 15 is 0 Å². The largest absolute Gasteiger partial charge is 0.381 e. The van der Waals surface area contributed by atoms with Gasteiger partial charge in [0.25, 0.3) is 0 Å². The third kappa shape index (κ3) is 3.07. The summed E-state index contributed by atoms with van der Waals surface area (Å²) in [4.78, 5) is 11.8. The molecule has 0 aliphatic carbocycles. The Balaban J connectivity index is 1.79. The Labute approximate surface area is 95.8 Å². The van der Waals surface area contributed by atoms with Crippen LogP contribution in [0.3, 0.4) is 0 Å². The summed E-state index contributed by atoms with van der Waals surface area (Å²) >= 11 is 0. The fraction of sp³-hybridized carbons (Fsp3) is 0.462. The molecule has 1 fully saturated rings. The molecule has 1 heterocycles. The van der Waals surface area contributed by atoms with Gasteiger partial charge in [0.15, 0.2) is 0 Å². The van der Waals surface area contributed by atoms with Gasteiger partial charge in [-0.05, 0) is 18.4 Å². The van der Waals surface area contributed by atoms with Gasteiger partial charge in [-0.1, -0.05) is 30.3 Å². The molecule has 1 N–H and O–H groups in total. The maximum atomic E-state index is 11.8. The van der Waals surface area contributed by atoms with Crippen molar-refractivity contribution in [2.75, 3.05) is 13.2 Å². The average molecular weight is 219 g/mol. The van der Waals surface area contributed by atoms with Gasteiger partial charge in [0, 0.05) is 13.2 Å². The lowest BCUT2D eigenvalue weighted by Crippen LogP contribution is -2.35. The predicted molar refractivity (Wildman–Crippen MR) is 61.8 cm³/mol. The molecule has 1 aromatic carbocycles. The van der Waals surface area contributed by atoms with Gasteiger partial charge < -0.3 is 10.1 Å². The minimum absolute atomic E-state index is 0.0393. The van der Waals surface area contributed by atoms with Crippen molar-refractivity contribution in [3.63, 3.8) is 0 Å². The number of rotatable bonds is 3. The minimum Gasteiger partial charge on any atom is -0.381 e. The van der Waals surface area contributed by atoms with Gasteiger partial charge >= 0.3 is 0 Å². The summed E-state index contributed by atoms with van der Waals surface area (Å²) in [7, 11) is 0. The van der Waals surface area contributed by atoms with Crippen molar-refractivity contribution >= 4 is 5.91 Å². The summed E-state index contributed by atoms with van der Waals surface area (Å²) < 4.78 is 5.29. The number of amides is 1. The molecule has 3 nitrogen and oxygen atoms in total. The maximum absolute atomic E-state index is 11.8. The third-order valence-corrected chi connectivity index (χ3v) is 2.84. The molecule has 86 valence electrons. The number of benzene rings is 1. The van der Waals surface area contributed by atoms with Crippen molar-refractivity contribution in [1.29, 1.82) is 0 Å². The first kappa shape index (κ1) is 11.1. The Morgan fingerprint density at radius 1 is 1.38 bits per heavy atom. The van der Waals surface area contributed by atoms with Crippen LogP contribution >= 0.6 is 0 Å². The van der Waals surface area contributed by atoms with Gasteiger partial charge in [-0.3, -0.25) is 4.79 Å². The summed E-state index contributed by atoms with van der Waals surface area (Å²) in [6.07, 6.45) is 1.93. The van der Waals surface area contributed by atoms with Crippen LogP contribution in [0.4, 0.5) is 0 Å². The van der Waals surface area contributed by atoms with Gasteiger partial charge in [0.05, 0.1) is 12.5 Å². The van der Waals surface area contributed by atoms with Crippen molar-refractivity contribution < 1.29 is 9.53 Å². The number of carbonyl (C=O) groups excluding carboxylic acids is 1. The molecule has 1 aliphatic rings.